The molecule has 162 valence electrons. The molecule has 0 aromatic heterocycles. The Morgan fingerprint density at radius 1 is 1.10 bits per heavy atom. The Kier molecular flexibility index (Phi) is 10.2. The van der Waals surface area contributed by atoms with Gasteiger partial charge in [-0.05, 0) is 42.2 Å². The highest BCUT2D eigenvalue weighted by atomic mass is 79.9. The van der Waals surface area contributed by atoms with Crippen molar-refractivity contribution in [3.63, 3.8) is 0 Å². The van der Waals surface area contributed by atoms with E-state index in [1.807, 2.05) is 62.4 Å². The van der Waals surface area contributed by atoms with Gasteiger partial charge in [0.05, 0.1) is 5.75 Å². The lowest BCUT2D eigenvalue weighted by atomic mass is 10.1. The lowest BCUT2D eigenvalue weighted by Gasteiger charge is -2.29. The van der Waals surface area contributed by atoms with Gasteiger partial charge < -0.3 is 10.2 Å². The molecule has 2 aromatic rings. The first-order valence-electron chi connectivity index (χ1n) is 9.90. The molecule has 0 bridgehead atoms. The highest BCUT2D eigenvalue weighted by Gasteiger charge is 2.26. The predicted octanol–water partition coefficient (Wildman–Crippen LogP) is 5.53. The van der Waals surface area contributed by atoms with Crippen LogP contribution in [0.3, 0.4) is 0 Å². The van der Waals surface area contributed by atoms with E-state index in [0.29, 0.717) is 29.8 Å². The van der Waals surface area contributed by atoms with Crippen molar-refractivity contribution in [2.45, 2.75) is 39.1 Å². The van der Waals surface area contributed by atoms with Crippen LogP contribution in [0.5, 0.6) is 0 Å². The zero-order valence-electron chi connectivity index (χ0n) is 17.5. The molecular weight excluding hydrogens is 484 g/mol. The Morgan fingerprint density at radius 2 is 1.77 bits per heavy atom. The van der Waals surface area contributed by atoms with E-state index in [0.717, 1.165) is 15.6 Å². The Hall–Kier alpha value is -1.50. The Bertz CT molecular complexity index is 845. The van der Waals surface area contributed by atoms with Gasteiger partial charge in [-0.15, -0.1) is 11.8 Å². The maximum Gasteiger partial charge on any atom is 0.242 e. The number of nitrogens with one attached hydrogen (secondary N) is 1. The minimum atomic E-state index is -0.555. The summed E-state index contributed by atoms with van der Waals surface area (Å²) in [6.45, 7) is 6.84. The van der Waals surface area contributed by atoms with Crippen LogP contribution in [-0.4, -0.2) is 35.1 Å². The molecule has 7 heteroatoms. The van der Waals surface area contributed by atoms with Crippen LogP contribution >= 0.6 is 39.3 Å². The molecule has 1 atom stereocenters. The number of amides is 2. The summed E-state index contributed by atoms with van der Waals surface area (Å²) in [6, 6.07) is 14.9. The molecule has 0 fully saturated rings. The van der Waals surface area contributed by atoms with Crippen LogP contribution in [0.4, 0.5) is 0 Å². The second-order valence-corrected chi connectivity index (χ2v) is 9.86. The number of thioether (sulfide) groups is 1. The van der Waals surface area contributed by atoms with Crippen LogP contribution in [0.15, 0.2) is 53.0 Å². The quantitative estimate of drug-likeness (QED) is 0.456. The zero-order valence-corrected chi connectivity index (χ0v) is 20.7. The molecule has 0 spiro atoms. The number of hydrogen-bond acceptors (Lipinski definition) is 3. The van der Waals surface area contributed by atoms with Gasteiger partial charge in [0.2, 0.25) is 11.8 Å². The molecule has 1 unspecified atom stereocenters. The molecular formula is C23H28BrClN2O2S. The number of carbonyl (C=O) groups is 2. The first kappa shape index (κ1) is 24.8. The van der Waals surface area contributed by atoms with Gasteiger partial charge in [-0.2, -0.15) is 0 Å². The summed E-state index contributed by atoms with van der Waals surface area (Å²) >= 11 is 11.1. The minimum Gasteiger partial charge on any atom is -0.354 e. The first-order chi connectivity index (χ1) is 14.3. The van der Waals surface area contributed by atoms with Gasteiger partial charge in [0.15, 0.2) is 0 Å². The van der Waals surface area contributed by atoms with E-state index in [1.54, 1.807) is 11.8 Å². The number of benzene rings is 2. The first-order valence-corrected chi connectivity index (χ1v) is 12.2. The zero-order chi connectivity index (χ0) is 22.1. The van der Waals surface area contributed by atoms with E-state index in [2.05, 4.69) is 21.2 Å². The molecule has 0 saturated heterocycles. The fourth-order valence-electron chi connectivity index (χ4n) is 2.77. The lowest BCUT2D eigenvalue weighted by molar-refractivity contribution is -0.138. The summed E-state index contributed by atoms with van der Waals surface area (Å²) in [5, 5.41) is 3.64. The van der Waals surface area contributed by atoms with Crippen molar-refractivity contribution >= 4 is 51.1 Å². The fourth-order valence-corrected chi connectivity index (χ4v) is 4.23. The molecule has 0 aliphatic carbocycles. The van der Waals surface area contributed by atoms with Crippen LogP contribution in [0.25, 0.3) is 0 Å². The monoisotopic (exact) mass is 510 g/mol. The Morgan fingerprint density at radius 3 is 2.40 bits per heavy atom. The molecule has 0 aliphatic rings. The molecule has 0 saturated carbocycles. The molecule has 0 radical (unpaired) electrons. The fraction of sp³-hybridized carbons (Fsp3) is 0.391. The largest absolute Gasteiger partial charge is 0.354 e. The molecule has 30 heavy (non-hydrogen) atoms. The van der Waals surface area contributed by atoms with Crippen molar-refractivity contribution in [2.24, 2.45) is 5.92 Å². The normalized spacial score (nSPS) is 11.9. The highest BCUT2D eigenvalue weighted by Crippen LogP contribution is 2.22. The predicted molar refractivity (Wildman–Crippen MR) is 130 cm³/mol. The van der Waals surface area contributed by atoms with Gasteiger partial charge in [-0.1, -0.05) is 71.7 Å². The number of hydrogen-bond donors (Lipinski definition) is 1. The smallest absolute Gasteiger partial charge is 0.242 e. The third-order valence-corrected chi connectivity index (χ3v) is 6.42. The van der Waals surface area contributed by atoms with E-state index >= 15 is 0 Å². The average Bonchev–Trinajstić information content (AvgIpc) is 2.72. The third kappa shape index (κ3) is 7.97. The molecule has 2 amide bonds. The van der Waals surface area contributed by atoms with Crippen molar-refractivity contribution in [1.82, 2.24) is 10.2 Å². The SMILES string of the molecule is CC(C)CNC(=O)C(C)N(Cc1ccc(Br)cc1)C(=O)CSCc1ccccc1Cl. The summed E-state index contributed by atoms with van der Waals surface area (Å²) in [7, 11) is 0. The van der Waals surface area contributed by atoms with E-state index in [1.165, 1.54) is 11.8 Å². The van der Waals surface area contributed by atoms with Crippen LogP contribution in [0.2, 0.25) is 5.02 Å². The molecule has 2 aromatic carbocycles. The molecule has 0 heterocycles. The van der Waals surface area contributed by atoms with Gasteiger partial charge in [0.1, 0.15) is 6.04 Å². The third-order valence-electron chi connectivity index (χ3n) is 4.56. The molecule has 2 rings (SSSR count). The Labute approximate surface area is 196 Å². The summed E-state index contributed by atoms with van der Waals surface area (Å²) < 4.78 is 0.974. The second kappa shape index (κ2) is 12.4. The van der Waals surface area contributed by atoms with E-state index < -0.39 is 6.04 Å². The topological polar surface area (TPSA) is 49.4 Å². The second-order valence-electron chi connectivity index (χ2n) is 7.55. The highest BCUT2D eigenvalue weighted by molar-refractivity contribution is 9.10. The maximum atomic E-state index is 13.1. The van der Waals surface area contributed by atoms with Gasteiger partial charge in [0.25, 0.3) is 0 Å². The van der Waals surface area contributed by atoms with Crippen LogP contribution in [-0.2, 0) is 21.9 Å². The number of halogens is 2. The van der Waals surface area contributed by atoms with Gasteiger partial charge in [-0.3, -0.25) is 9.59 Å². The number of rotatable bonds is 10. The number of nitrogens with zero attached hydrogens (tertiary/aromatic N) is 1. The standard InChI is InChI=1S/C23H28BrClN2O2S/c1-16(2)12-26-23(29)17(3)27(13-18-8-10-20(24)11-9-18)22(28)15-30-14-19-6-4-5-7-21(19)25/h4-11,16-17H,12-15H2,1-3H3,(H,26,29). The summed E-state index contributed by atoms with van der Waals surface area (Å²) in [6.07, 6.45) is 0. The van der Waals surface area contributed by atoms with Gasteiger partial charge in [-0.25, -0.2) is 0 Å². The van der Waals surface area contributed by atoms with Crippen molar-refractivity contribution in [1.29, 1.82) is 0 Å². The van der Waals surface area contributed by atoms with Crippen molar-refractivity contribution in [2.75, 3.05) is 12.3 Å². The minimum absolute atomic E-state index is 0.0674. The molecule has 4 nitrogen and oxygen atoms in total. The van der Waals surface area contributed by atoms with Crippen LogP contribution in [0, 0.1) is 5.92 Å². The molecule has 0 aliphatic heterocycles. The molecule has 1 N–H and O–H groups in total. The maximum absolute atomic E-state index is 13.1. The lowest BCUT2D eigenvalue weighted by Crippen LogP contribution is -2.48. The van der Waals surface area contributed by atoms with E-state index in [4.69, 9.17) is 11.6 Å². The van der Waals surface area contributed by atoms with E-state index in [9.17, 15) is 9.59 Å². The summed E-state index contributed by atoms with van der Waals surface area (Å²) in [5.74, 6) is 1.07. The van der Waals surface area contributed by atoms with Crippen molar-refractivity contribution in [3.8, 4) is 0 Å². The Balaban J connectivity index is 2.06. The summed E-state index contributed by atoms with van der Waals surface area (Å²) in [4.78, 5) is 27.3. The average molecular weight is 512 g/mol. The van der Waals surface area contributed by atoms with Gasteiger partial charge >= 0.3 is 0 Å². The summed E-state index contributed by atoms with van der Waals surface area (Å²) in [5.41, 5.74) is 1.98. The van der Waals surface area contributed by atoms with Crippen molar-refractivity contribution in [3.05, 3.63) is 69.2 Å². The van der Waals surface area contributed by atoms with Crippen LogP contribution in [0.1, 0.15) is 31.9 Å². The van der Waals surface area contributed by atoms with E-state index in [-0.39, 0.29) is 17.6 Å². The van der Waals surface area contributed by atoms with Crippen molar-refractivity contribution < 1.29 is 9.59 Å². The van der Waals surface area contributed by atoms with Gasteiger partial charge in [0, 0.05) is 28.3 Å². The number of carbonyl (C=O) groups excluding carboxylic acids is 2. The van der Waals surface area contributed by atoms with Crippen LogP contribution < -0.4 is 5.32 Å².